The van der Waals surface area contributed by atoms with Gasteiger partial charge in [-0.2, -0.15) is 4.68 Å². The van der Waals surface area contributed by atoms with Gasteiger partial charge < -0.3 is 0 Å². The van der Waals surface area contributed by atoms with E-state index < -0.39 is 0 Å². The van der Waals surface area contributed by atoms with Crippen LogP contribution in [-0.2, 0) is 5.88 Å². The molecule has 0 fully saturated rings. The molecule has 0 bridgehead atoms. The standard InChI is InChI=1S/C9H8Cl2N4/c1-6-2-3-7(4-8(6)11)15-9(5-10)12-13-14-15/h2-4H,5H2,1H3. The summed E-state index contributed by atoms with van der Waals surface area (Å²) in [6.07, 6.45) is 0. The van der Waals surface area contributed by atoms with E-state index in [1.807, 2.05) is 25.1 Å². The molecule has 0 saturated heterocycles. The van der Waals surface area contributed by atoms with E-state index in [1.54, 1.807) is 4.68 Å². The summed E-state index contributed by atoms with van der Waals surface area (Å²) in [6.45, 7) is 1.94. The predicted octanol–water partition coefficient (Wildman–Crippen LogP) is 2.36. The number of aromatic nitrogens is 4. The van der Waals surface area contributed by atoms with Gasteiger partial charge in [0.15, 0.2) is 5.82 Å². The van der Waals surface area contributed by atoms with Crippen molar-refractivity contribution in [2.75, 3.05) is 0 Å². The van der Waals surface area contributed by atoms with Crippen molar-refractivity contribution in [3.8, 4) is 5.69 Å². The molecule has 0 radical (unpaired) electrons. The topological polar surface area (TPSA) is 43.6 Å². The molecule has 0 N–H and O–H groups in total. The zero-order valence-electron chi connectivity index (χ0n) is 7.98. The molecule has 4 nitrogen and oxygen atoms in total. The highest BCUT2D eigenvalue weighted by Crippen LogP contribution is 2.19. The quantitative estimate of drug-likeness (QED) is 0.760. The van der Waals surface area contributed by atoms with Crippen LogP contribution in [0.1, 0.15) is 11.4 Å². The highest BCUT2D eigenvalue weighted by molar-refractivity contribution is 6.31. The number of alkyl halides is 1. The van der Waals surface area contributed by atoms with Crippen molar-refractivity contribution in [1.82, 2.24) is 20.2 Å². The molecule has 1 aromatic carbocycles. The van der Waals surface area contributed by atoms with Gasteiger partial charge in [0.05, 0.1) is 11.6 Å². The van der Waals surface area contributed by atoms with Crippen LogP contribution in [0.15, 0.2) is 18.2 Å². The molecule has 1 heterocycles. The minimum Gasteiger partial charge on any atom is -0.196 e. The number of aryl methyl sites for hydroxylation is 1. The second kappa shape index (κ2) is 4.16. The van der Waals surface area contributed by atoms with E-state index in [9.17, 15) is 0 Å². The van der Waals surface area contributed by atoms with E-state index in [-0.39, 0.29) is 5.88 Å². The molecule has 15 heavy (non-hydrogen) atoms. The van der Waals surface area contributed by atoms with Crippen LogP contribution in [0.3, 0.4) is 0 Å². The van der Waals surface area contributed by atoms with Crippen molar-refractivity contribution in [2.24, 2.45) is 0 Å². The molecule has 6 heteroatoms. The molecule has 0 aliphatic carbocycles. The summed E-state index contributed by atoms with van der Waals surface area (Å²) >= 11 is 11.7. The normalized spacial score (nSPS) is 10.6. The number of hydrogen-bond acceptors (Lipinski definition) is 3. The molecule has 0 amide bonds. The molecule has 2 rings (SSSR count). The molecular formula is C9H8Cl2N4. The van der Waals surface area contributed by atoms with Gasteiger partial charge in [-0.3, -0.25) is 0 Å². The second-order valence-corrected chi connectivity index (χ2v) is 3.75. The summed E-state index contributed by atoms with van der Waals surface area (Å²) in [7, 11) is 0. The van der Waals surface area contributed by atoms with E-state index in [2.05, 4.69) is 15.5 Å². The first-order valence-corrected chi connectivity index (χ1v) is 5.23. The average molecular weight is 243 g/mol. The van der Waals surface area contributed by atoms with Gasteiger partial charge in [-0.15, -0.1) is 16.7 Å². The van der Waals surface area contributed by atoms with Gasteiger partial charge in [-0.25, -0.2) is 0 Å². The number of hydrogen-bond donors (Lipinski definition) is 0. The largest absolute Gasteiger partial charge is 0.196 e. The summed E-state index contributed by atoms with van der Waals surface area (Å²) in [4.78, 5) is 0. The lowest BCUT2D eigenvalue weighted by Gasteiger charge is -2.04. The molecule has 0 atom stereocenters. The molecule has 0 aliphatic heterocycles. The third kappa shape index (κ3) is 1.96. The SMILES string of the molecule is Cc1ccc(-n2nnnc2CCl)cc1Cl. The van der Waals surface area contributed by atoms with E-state index in [1.165, 1.54) is 0 Å². The van der Waals surface area contributed by atoms with Gasteiger partial charge in [-0.05, 0) is 35.0 Å². The molecule has 0 unspecified atom stereocenters. The Bertz CT molecular complexity index is 481. The van der Waals surface area contributed by atoms with Crippen molar-refractivity contribution in [3.05, 3.63) is 34.6 Å². The van der Waals surface area contributed by atoms with Gasteiger partial charge in [0.1, 0.15) is 0 Å². The first kappa shape index (κ1) is 10.4. The Morgan fingerprint density at radius 2 is 2.20 bits per heavy atom. The van der Waals surface area contributed by atoms with Gasteiger partial charge >= 0.3 is 0 Å². The Hall–Kier alpha value is -1.13. The minimum atomic E-state index is 0.262. The molecule has 0 spiro atoms. The van der Waals surface area contributed by atoms with Gasteiger partial charge in [-0.1, -0.05) is 17.7 Å². The fourth-order valence-electron chi connectivity index (χ4n) is 1.20. The highest BCUT2D eigenvalue weighted by atomic mass is 35.5. The van der Waals surface area contributed by atoms with Crippen LogP contribution in [0, 0.1) is 6.92 Å². The molecule has 1 aromatic heterocycles. The van der Waals surface area contributed by atoms with Crippen molar-refractivity contribution < 1.29 is 0 Å². The molecular weight excluding hydrogens is 235 g/mol. The monoisotopic (exact) mass is 242 g/mol. The third-order valence-electron chi connectivity index (χ3n) is 2.05. The number of tetrazole rings is 1. The van der Waals surface area contributed by atoms with Gasteiger partial charge in [0, 0.05) is 5.02 Å². The predicted molar refractivity (Wildman–Crippen MR) is 58.5 cm³/mol. The molecule has 2 aromatic rings. The van der Waals surface area contributed by atoms with Crippen LogP contribution >= 0.6 is 23.2 Å². The minimum absolute atomic E-state index is 0.262. The zero-order valence-corrected chi connectivity index (χ0v) is 9.50. The van der Waals surface area contributed by atoms with E-state index >= 15 is 0 Å². The Kier molecular flexibility index (Phi) is 2.88. The summed E-state index contributed by atoms with van der Waals surface area (Å²) in [6, 6.07) is 5.62. The number of benzene rings is 1. The van der Waals surface area contributed by atoms with Crippen molar-refractivity contribution in [3.63, 3.8) is 0 Å². The van der Waals surface area contributed by atoms with Crippen LogP contribution in [0.25, 0.3) is 5.69 Å². The van der Waals surface area contributed by atoms with Crippen LogP contribution in [0.2, 0.25) is 5.02 Å². The average Bonchev–Trinajstić information content (AvgIpc) is 2.70. The summed E-state index contributed by atoms with van der Waals surface area (Å²) < 4.78 is 1.57. The molecule has 0 saturated carbocycles. The maximum Gasteiger partial charge on any atom is 0.171 e. The first-order valence-electron chi connectivity index (χ1n) is 4.32. The smallest absolute Gasteiger partial charge is 0.171 e. The maximum absolute atomic E-state index is 6.01. The second-order valence-electron chi connectivity index (χ2n) is 3.07. The molecule has 78 valence electrons. The van der Waals surface area contributed by atoms with Crippen molar-refractivity contribution in [1.29, 1.82) is 0 Å². The zero-order chi connectivity index (χ0) is 10.8. The maximum atomic E-state index is 6.01. The highest BCUT2D eigenvalue weighted by Gasteiger charge is 2.07. The van der Waals surface area contributed by atoms with Crippen LogP contribution < -0.4 is 0 Å². The Morgan fingerprint density at radius 3 is 2.87 bits per heavy atom. The lowest BCUT2D eigenvalue weighted by atomic mass is 10.2. The summed E-state index contributed by atoms with van der Waals surface area (Å²) in [5, 5.41) is 11.9. The van der Waals surface area contributed by atoms with E-state index in [0.29, 0.717) is 10.8 Å². The Labute approximate surface area is 96.8 Å². The first-order chi connectivity index (χ1) is 7.22. The van der Waals surface area contributed by atoms with Crippen LogP contribution in [0.4, 0.5) is 0 Å². The number of nitrogens with zero attached hydrogens (tertiary/aromatic N) is 4. The number of rotatable bonds is 2. The fourth-order valence-corrected chi connectivity index (χ4v) is 1.54. The molecule has 0 aliphatic rings. The van der Waals surface area contributed by atoms with Gasteiger partial charge in [0.25, 0.3) is 0 Å². The number of halogens is 2. The van der Waals surface area contributed by atoms with E-state index in [4.69, 9.17) is 23.2 Å². The fraction of sp³-hybridized carbons (Fsp3) is 0.222. The Morgan fingerprint density at radius 1 is 1.40 bits per heavy atom. The van der Waals surface area contributed by atoms with Crippen LogP contribution in [-0.4, -0.2) is 20.2 Å². The summed E-state index contributed by atoms with van der Waals surface area (Å²) in [5.41, 5.74) is 1.83. The third-order valence-corrected chi connectivity index (χ3v) is 2.70. The summed E-state index contributed by atoms with van der Waals surface area (Å²) in [5.74, 6) is 0.856. The van der Waals surface area contributed by atoms with Crippen molar-refractivity contribution in [2.45, 2.75) is 12.8 Å². The lowest BCUT2D eigenvalue weighted by molar-refractivity contribution is 0.777. The van der Waals surface area contributed by atoms with Crippen LogP contribution in [0.5, 0.6) is 0 Å². The Balaban J connectivity index is 2.50. The van der Waals surface area contributed by atoms with E-state index in [0.717, 1.165) is 11.3 Å². The van der Waals surface area contributed by atoms with Gasteiger partial charge in [0.2, 0.25) is 0 Å². The lowest BCUT2D eigenvalue weighted by Crippen LogP contribution is -2.01. The van der Waals surface area contributed by atoms with Crippen molar-refractivity contribution >= 4 is 23.2 Å².